The summed E-state index contributed by atoms with van der Waals surface area (Å²) in [6, 6.07) is 0.104. The topological polar surface area (TPSA) is 88.2 Å². The van der Waals surface area contributed by atoms with Crippen LogP contribution in [0, 0.1) is 5.92 Å². The molecule has 1 aliphatic carbocycles. The summed E-state index contributed by atoms with van der Waals surface area (Å²) in [5.41, 5.74) is 6.24. The van der Waals surface area contributed by atoms with E-state index in [1.807, 2.05) is 0 Å². The highest BCUT2D eigenvalue weighted by Gasteiger charge is 2.25. The second-order valence-corrected chi connectivity index (χ2v) is 5.64. The Morgan fingerprint density at radius 1 is 1.56 bits per heavy atom. The lowest BCUT2D eigenvalue weighted by atomic mass is 9.85. The number of hydrogen-bond acceptors (Lipinski definition) is 5. The first-order valence-corrected chi connectivity index (χ1v) is 7.17. The molecule has 0 radical (unpaired) electrons. The summed E-state index contributed by atoms with van der Waals surface area (Å²) in [5.74, 6) is 0.161. The minimum atomic E-state index is -0.0364. The first-order chi connectivity index (χ1) is 8.69. The van der Waals surface area contributed by atoms with Crippen LogP contribution in [0.25, 0.3) is 0 Å². The molecule has 18 heavy (non-hydrogen) atoms. The largest absolute Gasteiger partial charge is 0.396 e. The van der Waals surface area contributed by atoms with Crippen molar-refractivity contribution in [2.24, 2.45) is 5.92 Å². The lowest BCUT2D eigenvalue weighted by Crippen LogP contribution is -2.44. The van der Waals surface area contributed by atoms with Crippen molar-refractivity contribution >= 4 is 22.4 Å². The molecule has 5 nitrogen and oxygen atoms in total. The molecule has 0 spiro atoms. The summed E-state index contributed by atoms with van der Waals surface area (Å²) in [7, 11) is 0. The van der Waals surface area contributed by atoms with Gasteiger partial charge in [0.15, 0.2) is 5.13 Å². The van der Waals surface area contributed by atoms with Crippen molar-refractivity contribution in [1.29, 1.82) is 0 Å². The number of rotatable bonds is 4. The summed E-state index contributed by atoms with van der Waals surface area (Å²) in [6.07, 6.45) is 4.47. The second kappa shape index (κ2) is 6.15. The molecular weight excluding hydrogens is 250 g/mol. The number of amides is 1. The number of nitrogens with one attached hydrogen (secondary N) is 1. The van der Waals surface area contributed by atoms with E-state index >= 15 is 0 Å². The van der Waals surface area contributed by atoms with Gasteiger partial charge in [-0.1, -0.05) is 12.8 Å². The number of nitrogens with zero attached hydrogens (tertiary/aromatic N) is 1. The number of aliphatic hydroxyl groups is 1. The Kier molecular flexibility index (Phi) is 4.54. The number of carbonyl (C=O) groups excluding carboxylic acids is 1. The molecule has 2 unspecified atom stereocenters. The molecule has 4 N–H and O–H groups in total. The van der Waals surface area contributed by atoms with Gasteiger partial charge in [-0.25, -0.2) is 4.98 Å². The van der Waals surface area contributed by atoms with Crippen molar-refractivity contribution in [3.05, 3.63) is 11.1 Å². The van der Waals surface area contributed by atoms with E-state index in [2.05, 4.69) is 10.3 Å². The van der Waals surface area contributed by atoms with Gasteiger partial charge in [-0.2, -0.15) is 0 Å². The molecule has 6 heteroatoms. The second-order valence-electron chi connectivity index (χ2n) is 4.75. The Labute approximate surface area is 110 Å². The highest BCUT2D eigenvalue weighted by Crippen LogP contribution is 2.24. The zero-order valence-electron chi connectivity index (χ0n) is 10.3. The van der Waals surface area contributed by atoms with Crippen LogP contribution in [0.5, 0.6) is 0 Å². The third kappa shape index (κ3) is 3.43. The van der Waals surface area contributed by atoms with Crippen LogP contribution in [0.4, 0.5) is 5.13 Å². The fourth-order valence-corrected chi connectivity index (χ4v) is 3.01. The predicted molar refractivity (Wildman–Crippen MR) is 71.2 cm³/mol. The molecule has 1 fully saturated rings. The fourth-order valence-electron chi connectivity index (χ4n) is 2.44. The molecule has 2 atom stereocenters. The third-order valence-corrected chi connectivity index (χ3v) is 4.12. The number of aromatic nitrogens is 1. The molecule has 1 saturated carbocycles. The molecule has 100 valence electrons. The molecule has 2 rings (SSSR count). The summed E-state index contributed by atoms with van der Waals surface area (Å²) < 4.78 is 0. The summed E-state index contributed by atoms with van der Waals surface area (Å²) in [5, 5.41) is 14.6. The molecule has 1 aromatic rings. The molecule has 1 aromatic heterocycles. The average Bonchev–Trinajstić information content (AvgIpc) is 2.75. The first kappa shape index (κ1) is 13.3. The average molecular weight is 269 g/mol. The van der Waals surface area contributed by atoms with Crippen LogP contribution in [0.15, 0.2) is 5.38 Å². The van der Waals surface area contributed by atoms with Crippen molar-refractivity contribution in [3.8, 4) is 0 Å². The monoisotopic (exact) mass is 269 g/mol. The van der Waals surface area contributed by atoms with Crippen molar-refractivity contribution in [2.75, 3.05) is 12.3 Å². The van der Waals surface area contributed by atoms with Gasteiger partial charge in [-0.05, 0) is 12.8 Å². The van der Waals surface area contributed by atoms with Crippen LogP contribution in [0.1, 0.15) is 31.4 Å². The van der Waals surface area contributed by atoms with Crippen LogP contribution < -0.4 is 11.1 Å². The molecule has 0 saturated heterocycles. The molecular formula is C12H19N3O2S. The number of hydrogen-bond donors (Lipinski definition) is 3. The Bertz CT molecular complexity index is 408. The smallest absolute Gasteiger partial charge is 0.226 e. The normalized spacial score (nSPS) is 23.8. The van der Waals surface area contributed by atoms with Crippen LogP contribution in [0.2, 0.25) is 0 Å². The van der Waals surface area contributed by atoms with E-state index in [1.165, 1.54) is 11.3 Å². The summed E-state index contributed by atoms with van der Waals surface area (Å²) >= 11 is 1.34. The van der Waals surface area contributed by atoms with Gasteiger partial charge in [0.2, 0.25) is 5.91 Å². The van der Waals surface area contributed by atoms with Crippen LogP contribution in [-0.4, -0.2) is 28.6 Å². The maximum atomic E-state index is 11.9. The lowest BCUT2D eigenvalue weighted by molar-refractivity contribution is -0.121. The zero-order chi connectivity index (χ0) is 13.0. The van der Waals surface area contributed by atoms with Gasteiger partial charge in [-0.3, -0.25) is 4.79 Å². The number of thiazole rings is 1. The number of anilines is 1. The zero-order valence-corrected chi connectivity index (χ0v) is 11.1. The number of carbonyl (C=O) groups is 1. The molecule has 1 amide bonds. The van der Waals surface area contributed by atoms with Crippen molar-refractivity contribution in [1.82, 2.24) is 10.3 Å². The number of nitrogen functional groups attached to an aromatic ring is 1. The minimum Gasteiger partial charge on any atom is -0.396 e. The van der Waals surface area contributed by atoms with E-state index in [-0.39, 0.29) is 30.9 Å². The fraction of sp³-hybridized carbons (Fsp3) is 0.667. The van der Waals surface area contributed by atoms with E-state index in [4.69, 9.17) is 5.73 Å². The highest BCUT2D eigenvalue weighted by molar-refractivity contribution is 7.13. The Balaban J connectivity index is 1.86. The van der Waals surface area contributed by atoms with Gasteiger partial charge in [0, 0.05) is 23.9 Å². The highest BCUT2D eigenvalue weighted by atomic mass is 32.1. The van der Waals surface area contributed by atoms with Crippen LogP contribution in [0.3, 0.4) is 0 Å². The van der Waals surface area contributed by atoms with Crippen molar-refractivity contribution in [2.45, 2.75) is 38.1 Å². The molecule has 1 heterocycles. The summed E-state index contributed by atoms with van der Waals surface area (Å²) in [6.45, 7) is 0.147. The molecule has 0 bridgehead atoms. The SMILES string of the molecule is Nc1nc(CC(=O)NC2CCCCC2CO)cs1. The van der Waals surface area contributed by atoms with Crippen LogP contribution in [-0.2, 0) is 11.2 Å². The third-order valence-electron chi connectivity index (χ3n) is 3.40. The van der Waals surface area contributed by atoms with Crippen molar-refractivity contribution in [3.63, 3.8) is 0 Å². The van der Waals surface area contributed by atoms with Gasteiger partial charge in [0.25, 0.3) is 0 Å². The molecule has 0 aliphatic heterocycles. The van der Waals surface area contributed by atoms with E-state index in [9.17, 15) is 9.90 Å². The summed E-state index contributed by atoms with van der Waals surface area (Å²) in [4.78, 5) is 16.0. The quantitative estimate of drug-likeness (QED) is 0.759. The van der Waals surface area contributed by atoms with Crippen LogP contribution >= 0.6 is 11.3 Å². The van der Waals surface area contributed by atoms with Crippen molar-refractivity contribution < 1.29 is 9.90 Å². The Hall–Kier alpha value is -1.14. The Morgan fingerprint density at radius 2 is 2.33 bits per heavy atom. The molecule has 1 aliphatic rings. The number of aliphatic hydroxyl groups excluding tert-OH is 1. The standard InChI is InChI=1S/C12H19N3O2S/c13-12-14-9(7-18-12)5-11(17)15-10-4-2-1-3-8(10)6-16/h7-8,10,16H,1-6H2,(H2,13,14)(H,15,17). The molecule has 0 aromatic carbocycles. The maximum absolute atomic E-state index is 11.9. The van der Waals surface area contributed by atoms with E-state index in [1.54, 1.807) is 5.38 Å². The van der Waals surface area contributed by atoms with E-state index in [0.29, 0.717) is 10.8 Å². The van der Waals surface area contributed by atoms with E-state index in [0.717, 1.165) is 25.7 Å². The van der Waals surface area contributed by atoms with Gasteiger partial charge >= 0.3 is 0 Å². The predicted octanol–water partition coefficient (Wildman–Crippen LogP) is 0.935. The van der Waals surface area contributed by atoms with E-state index < -0.39 is 0 Å². The van der Waals surface area contributed by atoms with Gasteiger partial charge < -0.3 is 16.2 Å². The first-order valence-electron chi connectivity index (χ1n) is 6.29. The van der Waals surface area contributed by atoms with Gasteiger partial charge in [0.05, 0.1) is 12.1 Å². The number of nitrogens with two attached hydrogens (primary N) is 1. The van der Waals surface area contributed by atoms with Gasteiger partial charge in [-0.15, -0.1) is 11.3 Å². The van der Waals surface area contributed by atoms with Gasteiger partial charge in [0.1, 0.15) is 0 Å². The minimum absolute atomic E-state index is 0.0364. The Morgan fingerprint density at radius 3 is 3.00 bits per heavy atom. The maximum Gasteiger partial charge on any atom is 0.226 e. The lowest BCUT2D eigenvalue weighted by Gasteiger charge is -2.30.